The van der Waals surface area contributed by atoms with Crippen LogP contribution in [0.5, 0.6) is 0 Å². The van der Waals surface area contributed by atoms with Crippen LogP contribution in [0, 0.1) is 0 Å². The zero-order valence-electron chi connectivity index (χ0n) is 10.9. The molecule has 1 aromatic carbocycles. The smallest absolute Gasteiger partial charge is 0.139 e. The van der Waals surface area contributed by atoms with E-state index in [0.29, 0.717) is 6.04 Å². The number of imidazole rings is 1. The number of hydrogen-bond donors (Lipinski definition) is 0. The molecule has 90 valence electrons. The molecular weight excluding hydrogens is 210 g/mol. The Morgan fingerprint density at radius 1 is 1.18 bits per heavy atom. The molecule has 3 nitrogen and oxygen atoms in total. The minimum absolute atomic E-state index is 0.436. The van der Waals surface area contributed by atoms with Gasteiger partial charge < -0.3 is 9.47 Å². The first-order valence-electron chi connectivity index (χ1n) is 5.83. The molecule has 1 unspecified atom stereocenters. The van der Waals surface area contributed by atoms with Crippen LogP contribution in [0.3, 0.4) is 0 Å². The van der Waals surface area contributed by atoms with Crippen LogP contribution in [0.15, 0.2) is 36.7 Å². The molecule has 0 saturated carbocycles. The Labute approximate surface area is 103 Å². The van der Waals surface area contributed by atoms with Crippen molar-refractivity contribution >= 4 is 0 Å². The summed E-state index contributed by atoms with van der Waals surface area (Å²) in [5.74, 6) is 1.01. The SMILES string of the molecule is CC(c1ccc(-c2nccn2C)cc1)N(C)C. The number of nitrogens with zero attached hydrogens (tertiary/aromatic N) is 3. The second kappa shape index (κ2) is 4.72. The van der Waals surface area contributed by atoms with Crippen molar-refractivity contribution in [2.45, 2.75) is 13.0 Å². The molecule has 1 atom stereocenters. The molecule has 1 heterocycles. The highest BCUT2D eigenvalue weighted by Crippen LogP contribution is 2.22. The fourth-order valence-electron chi connectivity index (χ4n) is 1.85. The third-order valence-electron chi connectivity index (χ3n) is 3.25. The Kier molecular flexibility index (Phi) is 3.29. The predicted octanol–water partition coefficient (Wildman–Crippen LogP) is 2.71. The molecule has 3 heteroatoms. The molecular formula is C14H19N3. The summed E-state index contributed by atoms with van der Waals surface area (Å²) in [4.78, 5) is 6.55. The normalized spacial score (nSPS) is 13.0. The zero-order chi connectivity index (χ0) is 12.4. The van der Waals surface area contributed by atoms with E-state index in [4.69, 9.17) is 0 Å². The molecule has 2 rings (SSSR count). The lowest BCUT2D eigenvalue weighted by Gasteiger charge is -2.20. The minimum atomic E-state index is 0.436. The fourth-order valence-corrected chi connectivity index (χ4v) is 1.85. The Balaban J connectivity index is 2.28. The molecule has 2 aromatic rings. The Bertz CT molecular complexity index is 482. The molecule has 0 bridgehead atoms. The highest BCUT2D eigenvalue weighted by Gasteiger charge is 2.08. The molecule has 0 aliphatic heterocycles. The maximum Gasteiger partial charge on any atom is 0.139 e. The third-order valence-corrected chi connectivity index (χ3v) is 3.25. The highest BCUT2D eigenvalue weighted by atomic mass is 15.1. The summed E-state index contributed by atoms with van der Waals surface area (Å²) in [6, 6.07) is 9.06. The van der Waals surface area contributed by atoms with E-state index in [1.807, 2.05) is 24.0 Å². The van der Waals surface area contributed by atoms with E-state index in [1.54, 1.807) is 0 Å². The highest BCUT2D eigenvalue weighted by molar-refractivity contribution is 5.56. The van der Waals surface area contributed by atoms with Gasteiger partial charge in [-0.1, -0.05) is 24.3 Å². The van der Waals surface area contributed by atoms with Gasteiger partial charge in [0.15, 0.2) is 0 Å². The van der Waals surface area contributed by atoms with Gasteiger partial charge in [0.05, 0.1) is 0 Å². The van der Waals surface area contributed by atoms with Crippen LogP contribution in [-0.4, -0.2) is 28.5 Å². The van der Waals surface area contributed by atoms with Gasteiger partial charge in [0, 0.05) is 31.0 Å². The van der Waals surface area contributed by atoms with Crippen molar-refractivity contribution in [2.75, 3.05) is 14.1 Å². The number of aryl methyl sites for hydroxylation is 1. The lowest BCUT2D eigenvalue weighted by Crippen LogP contribution is -2.16. The van der Waals surface area contributed by atoms with Crippen LogP contribution in [0.4, 0.5) is 0 Å². The van der Waals surface area contributed by atoms with Gasteiger partial charge in [0.2, 0.25) is 0 Å². The topological polar surface area (TPSA) is 21.1 Å². The van der Waals surface area contributed by atoms with Crippen LogP contribution < -0.4 is 0 Å². The molecule has 0 fully saturated rings. The second-order valence-corrected chi connectivity index (χ2v) is 4.62. The zero-order valence-corrected chi connectivity index (χ0v) is 10.9. The summed E-state index contributed by atoms with van der Waals surface area (Å²) in [6.45, 7) is 2.20. The number of aromatic nitrogens is 2. The van der Waals surface area contributed by atoms with Crippen LogP contribution >= 0.6 is 0 Å². The largest absolute Gasteiger partial charge is 0.334 e. The number of benzene rings is 1. The molecule has 1 aromatic heterocycles. The van der Waals surface area contributed by atoms with Crippen LogP contribution in [0.25, 0.3) is 11.4 Å². The molecule has 0 saturated heterocycles. The van der Waals surface area contributed by atoms with Gasteiger partial charge in [0.1, 0.15) is 5.82 Å². The van der Waals surface area contributed by atoms with Crippen molar-refractivity contribution in [2.24, 2.45) is 7.05 Å². The maximum absolute atomic E-state index is 4.35. The van der Waals surface area contributed by atoms with Gasteiger partial charge in [-0.15, -0.1) is 0 Å². The van der Waals surface area contributed by atoms with Crippen molar-refractivity contribution in [1.82, 2.24) is 14.5 Å². The molecule has 0 radical (unpaired) electrons. The van der Waals surface area contributed by atoms with Gasteiger partial charge in [0.25, 0.3) is 0 Å². The number of hydrogen-bond acceptors (Lipinski definition) is 2. The van der Waals surface area contributed by atoms with E-state index in [9.17, 15) is 0 Å². The van der Waals surface area contributed by atoms with E-state index >= 15 is 0 Å². The maximum atomic E-state index is 4.35. The van der Waals surface area contributed by atoms with Crippen LogP contribution in [0.2, 0.25) is 0 Å². The average Bonchev–Trinajstić information content (AvgIpc) is 2.74. The van der Waals surface area contributed by atoms with Crippen molar-refractivity contribution in [3.05, 3.63) is 42.2 Å². The van der Waals surface area contributed by atoms with E-state index in [-0.39, 0.29) is 0 Å². The summed E-state index contributed by atoms with van der Waals surface area (Å²) >= 11 is 0. The van der Waals surface area contributed by atoms with Gasteiger partial charge >= 0.3 is 0 Å². The molecule has 0 spiro atoms. The second-order valence-electron chi connectivity index (χ2n) is 4.62. The van der Waals surface area contributed by atoms with E-state index in [2.05, 4.69) is 55.2 Å². The van der Waals surface area contributed by atoms with Gasteiger partial charge in [-0.3, -0.25) is 0 Å². The standard InChI is InChI=1S/C14H19N3/c1-11(16(2)3)12-5-7-13(8-6-12)14-15-9-10-17(14)4/h5-11H,1-4H3. The molecule has 17 heavy (non-hydrogen) atoms. The lowest BCUT2D eigenvalue weighted by atomic mass is 10.1. The Morgan fingerprint density at radius 2 is 1.82 bits per heavy atom. The average molecular weight is 229 g/mol. The van der Waals surface area contributed by atoms with Crippen molar-refractivity contribution in [3.63, 3.8) is 0 Å². The van der Waals surface area contributed by atoms with Crippen molar-refractivity contribution in [3.8, 4) is 11.4 Å². The monoisotopic (exact) mass is 229 g/mol. The van der Waals surface area contributed by atoms with Crippen LogP contribution in [0.1, 0.15) is 18.5 Å². The van der Waals surface area contributed by atoms with Crippen molar-refractivity contribution in [1.29, 1.82) is 0 Å². The summed E-state index contributed by atoms with van der Waals surface area (Å²) in [5, 5.41) is 0. The van der Waals surface area contributed by atoms with Crippen molar-refractivity contribution < 1.29 is 0 Å². The van der Waals surface area contributed by atoms with E-state index in [0.717, 1.165) is 11.4 Å². The van der Waals surface area contributed by atoms with Crippen LogP contribution in [-0.2, 0) is 7.05 Å². The summed E-state index contributed by atoms with van der Waals surface area (Å²) in [6.07, 6.45) is 3.79. The molecule has 0 amide bonds. The molecule has 0 aliphatic rings. The molecule has 0 aliphatic carbocycles. The predicted molar refractivity (Wildman–Crippen MR) is 70.7 cm³/mol. The van der Waals surface area contributed by atoms with Gasteiger partial charge in [-0.25, -0.2) is 4.98 Å². The minimum Gasteiger partial charge on any atom is -0.334 e. The summed E-state index contributed by atoms with van der Waals surface area (Å²) in [5.41, 5.74) is 2.49. The fraction of sp³-hybridized carbons (Fsp3) is 0.357. The first-order valence-corrected chi connectivity index (χ1v) is 5.83. The van der Waals surface area contributed by atoms with Gasteiger partial charge in [-0.05, 0) is 26.6 Å². The number of rotatable bonds is 3. The first-order chi connectivity index (χ1) is 8.09. The summed E-state index contributed by atoms with van der Waals surface area (Å²) < 4.78 is 2.03. The van der Waals surface area contributed by atoms with E-state index < -0.39 is 0 Å². The quantitative estimate of drug-likeness (QED) is 0.807. The third kappa shape index (κ3) is 2.39. The van der Waals surface area contributed by atoms with E-state index in [1.165, 1.54) is 5.56 Å². The summed E-state index contributed by atoms with van der Waals surface area (Å²) in [7, 11) is 6.20. The first kappa shape index (κ1) is 11.9. The van der Waals surface area contributed by atoms with Gasteiger partial charge in [-0.2, -0.15) is 0 Å². The lowest BCUT2D eigenvalue weighted by molar-refractivity contribution is 0.321. The Hall–Kier alpha value is -1.61. The molecule has 0 N–H and O–H groups in total. The Morgan fingerprint density at radius 3 is 2.29 bits per heavy atom.